The van der Waals surface area contributed by atoms with Crippen LogP contribution in [-0.4, -0.2) is 47.5 Å². The number of nitrogens with zero attached hydrogens (tertiary/aromatic N) is 1. The van der Waals surface area contributed by atoms with Crippen LogP contribution in [0.2, 0.25) is 0 Å². The summed E-state index contributed by atoms with van der Waals surface area (Å²) < 4.78 is 37.8. The van der Waals surface area contributed by atoms with Gasteiger partial charge in [-0.3, -0.25) is 4.90 Å². The average molecular weight is 355 g/mol. The number of halogens is 2. The minimum Gasteiger partial charge on any atom is -0.459 e. The maximum Gasteiger partial charge on any atom is 0.411 e. The molecule has 7 heteroatoms. The predicted molar refractivity (Wildman–Crippen MR) is 87.4 cm³/mol. The first-order valence-corrected chi connectivity index (χ1v) is 8.09. The number of hydrogen-bond acceptors (Lipinski definition) is 4. The van der Waals surface area contributed by atoms with Crippen LogP contribution in [0.15, 0.2) is 30.3 Å². The second kappa shape index (κ2) is 7.37. The van der Waals surface area contributed by atoms with E-state index in [0.717, 1.165) is 10.5 Å². The molecule has 138 valence electrons. The van der Waals surface area contributed by atoms with Crippen molar-refractivity contribution in [2.45, 2.75) is 51.1 Å². The van der Waals surface area contributed by atoms with Crippen LogP contribution in [0.25, 0.3) is 0 Å². The highest BCUT2D eigenvalue weighted by Gasteiger charge is 2.51. The molecule has 0 unspecified atom stereocenters. The molecule has 1 heterocycles. The van der Waals surface area contributed by atoms with E-state index in [0.29, 0.717) is 0 Å². The third-order valence-electron chi connectivity index (χ3n) is 3.75. The molecule has 2 atom stereocenters. The number of hydrogen-bond donors (Lipinski definition) is 0. The molecule has 1 aromatic carbocycles. The number of rotatable bonds is 4. The van der Waals surface area contributed by atoms with E-state index in [1.54, 1.807) is 45.0 Å². The van der Waals surface area contributed by atoms with Crippen molar-refractivity contribution in [1.29, 1.82) is 0 Å². The van der Waals surface area contributed by atoms with Gasteiger partial charge in [0.1, 0.15) is 24.9 Å². The van der Waals surface area contributed by atoms with Gasteiger partial charge in [-0.25, -0.2) is 18.4 Å². The molecule has 2 rings (SSSR count). The van der Waals surface area contributed by atoms with Gasteiger partial charge in [0.15, 0.2) is 5.67 Å². The number of alkyl halides is 2. The van der Waals surface area contributed by atoms with E-state index in [-0.39, 0.29) is 6.61 Å². The monoisotopic (exact) mass is 355 g/mol. The maximum absolute atomic E-state index is 14.4. The number of esters is 1. The largest absolute Gasteiger partial charge is 0.459 e. The predicted octanol–water partition coefficient (Wildman–Crippen LogP) is 3.42. The number of carbonyl (C=O) groups excluding carboxylic acids is 2. The number of amides is 1. The Morgan fingerprint density at radius 3 is 2.48 bits per heavy atom. The summed E-state index contributed by atoms with van der Waals surface area (Å²) in [4.78, 5) is 25.5. The summed E-state index contributed by atoms with van der Waals surface area (Å²) in [5, 5.41) is 0. The van der Waals surface area contributed by atoms with E-state index in [1.165, 1.54) is 0 Å². The van der Waals surface area contributed by atoms with Crippen molar-refractivity contribution >= 4 is 12.1 Å². The van der Waals surface area contributed by atoms with Crippen LogP contribution in [0.4, 0.5) is 13.6 Å². The fourth-order valence-electron chi connectivity index (χ4n) is 2.58. The lowest BCUT2D eigenvalue weighted by molar-refractivity contribution is -0.150. The fraction of sp³-hybridized carbons (Fsp3) is 0.556. The molecule has 0 aliphatic carbocycles. The number of likely N-dealkylation sites (tertiary alicyclic amines) is 1. The molecule has 1 aliphatic heterocycles. The standard InChI is InChI=1S/C18H23F2NO4/c1-17(2,3)25-16(23)21-12-18(20,11-19)9-14(21)15(22)24-10-13-7-5-4-6-8-13/h4-8,14H,9-12H2,1-3H3/t14-,18-/m0/s1. The van der Waals surface area contributed by atoms with Gasteiger partial charge in [0.05, 0.1) is 6.54 Å². The Hall–Kier alpha value is -2.18. The summed E-state index contributed by atoms with van der Waals surface area (Å²) in [5.41, 5.74) is -2.32. The van der Waals surface area contributed by atoms with Crippen molar-refractivity contribution < 1.29 is 27.8 Å². The molecule has 25 heavy (non-hydrogen) atoms. The van der Waals surface area contributed by atoms with Crippen molar-refractivity contribution in [2.24, 2.45) is 0 Å². The molecular formula is C18H23F2NO4. The molecule has 0 N–H and O–H groups in total. The Morgan fingerprint density at radius 2 is 1.92 bits per heavy atom. The molecule has 5 nitrogen and oxygen atoms in total. The average Bonchev–Trinajstić information content (AvgIpc) is 2.91. The summed E-state index contributed by atoms with van der Waals surface area (Å²) in [6.07, 6.45) is -1.31. The van der Waals surface area contributed by atoms with Crippen molar-refractivity contribution in [3.8, 4) is 0 Å². The van der Waals surface area contributed by atoms with Gasteiger partial charge < -0.3 is 9.47 Å². The van der Waals surface area contributed by atoms with Crippen LogP contribution in [0, 0.1) is 0 Å². The molecule has 0 aromatic heterocycles. The lowest BCUT2D eigenvalue weighted by atomic mass is 10.0. The SMILES string of the molecule is CC(C)(C)OC(=O)N1C[C@@](F)(CF)C[C@H]1C(=O)OCc1ccccc1. The topological polar surface area (TPSA) is 55.8 Å². The summed E-state index contributed by atoms with van der Waals surface area (Å²) >= 11 is 0. The minimum absolute atomic E-state index is 0.00670. The van der Waals surface area contributed by atoms with E-state index in [4.69, 9.17) is 9.47 Å². The van der Waals surface area contributed by atoms with Crippen molar-refractivity contribution in [3.05, 3.63) is 35.9 Å². The highest BCUT2D eigenvalue weighted by atomic mass is 19.2. The van der Waals surface area contributed by atoms with Crippen molar-refractivity contribution in [2.75, 3.05) is 13.2 Å². The zero-order valence-corrected chi connectivity index (χ0v) is 14.6. The van der Waals surface area contributed by atoms with Gasteiger partial charge in [-0.1, -0.05) is 30.3 Å². The molecule has 0 bridgehead atoms. The Kier molecular flexibility index (Phi) is 5.65. The molecule has 1 fully saturated rings. The number of carbonyl (C=O) groups is 2. The summed E-state index contributed by atoms with van der Waals surface area (Å²) in [5.74, 6) is -0.775. The first-order chi connectivity index (χ1) is 11.6. The highest BCUT2D eigenvalue weighted by Crippen LogP contribution is 2.33. The Balaban J connectivity index is 2.08. The summed E-state index contributed by atoms with van der Waals surface area (Å²) in [6.45, 7) is 3.14. The van der Waals surface area contributed by atoms with Gasteiger partial charge in [0.2, 0.25) is 0 Å². The zero-order valence-electron chi connectivity index (χ0n) is 14.6. The molecule has 1 aromatic rings. The Bertz CT molecular complexity index is 617. The fourth-order valence-corrected chi connectivity index (χ4v) is 2.58. The van der Waals surface area contributed by atoms with Gasteiger partial charge in [-0.2, -0.15) is 0 Å². The number of benzene rings is 1. The van der Waals surface area contributed by atoms with Gasteiger partial charge in [0, 0.05) is 6.42 Å². The van der Waals surface area contributed by atoms with E-state index in [2.05, 4.69) is 0 Å². The van der Waals surface area contributed by atoms with Crippen LogP contribution in [0.5, 0.6) is 0 Å². The van der Waals surface area contributed by atoms with E-state index >= 15 is 0 Å². The third-order valence-corrected chi connectivity index (χ3v) is 3.75. The second-order valence-electron chi connectivity index (χ2n) is 7.21. The Morgan fingerprint density at radius 1 is 1.28 bits per heavy atom. The number of ether oxygens (including phenoxy) is 2. The van der Waals surface area contributed by atoms with Crippen LogP contribution in [0.1, 0.15) is 32.8 Å². The molecule has 0 saturated carbocycles. The molecule has 1 aliphatic rings. The van der Waals surface area contributed by atoms with Crippen LogP contribution in [-0.2, 0) is 20.9 Å². The first kappa shape index (κ1) is 19.1. The normalized spacial score (nSPS) is 23.4. The van der Waals surface area contributed by atoms with Gasteiger partial charge in [-0.15, -0.1) is 0 Å². The van der Waals surface area contributed by atoms with Gasteiger partial charge >= 0.3 is 12.1 Å². The summed E-state index contributed by atoms with van der Waals surface area (Å²) in [6, 6.07) is 7.75. The van der Waals surface area contributed by atoms with Crippen LogP contribution >= 0.6 is 0 Å². The minimum atomic E-state index is -2.27. The maximum atomic E-state index is 14.4. The second-order valence-corrected chi connectivity index (χ2v) is 7.21. The molecule has 0 spiro atoms. The van der Waals surface area contributed by atoms with Crippen LogP contribution < -0.4 is 0 Å². The van der Waals surface area contributed by atoms with Crippen molar-refractivity contribution in [3.63, 3.8) is 0 Å². The lowest BCUT2D eigenvalue weighted by Crippen LogP contribution is -2.44. The summed E-state index contributed by atoms with van der Waals surface area (Å²) in [7, 11) is 0. The van der Waals surface area contributed by atoms with Crippen LogP contribution in [0.3, 0.4) is 0 Å². The smallest absolute Gasteiger partial charge is 0.411 e. The van der Waals surface area contributed by atoms with E-state index in [1.807, 2.05) is 6.07 Å². The molecular weight excluding hydrogens is 332 g/mol. The Labute approximate surface area is 145 Å². The molecule has 1 amide bonds. The molecule has 1 saturated heterocycles. The molecule has 0 radical (unpaired) electrons. The lowest BCUT2D eigenvalue weighted by Gasteiger charge is -2.27. The third kappa shape index (κ3) is 5.14. The van der Waals surface area contributed by atoms with E-state index in [9.17, 15) is 18.4 Å². The highest BCUT2D eigenvalue weighted by molar-refractivity contribution is 5.82. The first-order valence-electron chi connectivity index (χ1n) is 8.09. The van der Waals surface area contributed by atoms with Crippen molar-refractivity contribution in [1.82, 2.24) is 4.90 Å². The quantitative estimate of drug-likeness (QED) is 0.777. The van der Waals surface area contributed by atoms with Gasteiger partial charge in [0.25, 0.3) is 0 Å². The van der Waals surface area contributed by atoms with E-state index < -0.39 is 49.0 Å². The zero-order chi connectivity index (χ0) is 18.7. The van der Waals surface area contributed by atoms with Gasteiger partial charge in [-0.05, 0) is 26.3 Å².